The van der Waals surface area contributed by atoms with Gasteiger partial charge in [-0.15, -0.1) is 11.3 Å². The Bertz CT molecular complexity index is 892. The van der Waals surface area contributed by atoms with E-state index in [2.05, 4.69) is 39.6 Å². The van der Waals surface area contributed by atoms with Crippen molar-refractivity contribution in [3.05, 3.63) is 52.0 Å². The lowest BCUT2D eigenvalue weighted by Crippen LogP contribution is -2.37. The summed E-state index contributed by atoms with van der Waals surface area (Å²) in [4.78, 5) is 16.6. The Morgan fingerprint density at radius 1 is 1.32 bits per heavy atom. The highest BCUT2D eigenvalue weighted by atomic mass is 32.1. The first-order valence-corrected chi connectivity index (χ1v) is 9.44. The molecule has 130 valence electrons. The predicted molar refractivity (Wildman–Crippen MR) is 101 cm³/mol. The van der Waals surface area contributed by atoms with Crippen molar-refractivity contribution in [1.29, 1.82) is 0 Å². The average Bonchev–Trinajstić information content (AvgIpc) is 3.17. The molecule has 6 heteroatoms. The lowest BCUT2D eigenvalue weighted by atomic mass is 10.00. The van der Waals surface area contributed by atoms with Crippen LogP contribution in [0, 0.1) is 6.92 Å². The molecule has 1 aliphatic rings. The summed E-state index contributed by atoms with van der Waals surface area (Å²) in [7, 11) is 1.92. The maximum absolute atomic E-state index is 12.4. The molecule has 0 saturated carbocycles. The van der Waals surface area contributed by atoms with E-state index in [4.69, 9.17) is 0 Å². The van der Waals surface area contributed by atoms with Crippen molar-refractivity contribution >= 4 is 27.5 Å². The first kappa shape index (κ1) is 16.3. The van der Waals surface area contributed by atoms with Crippen LogP contribution in [-0.4, -0.2) is 40.2 Å². The van der Waals surface area contributed by atoms with Crippen LogP contribution in [0.2, 0.25) is 0 Å². The molecule has 25 heavy (non-hydrogen) atoms. The number of benzene rings is 1. The molecule has 2 aromatic heterocycles. The molecule has 0 saturated heterocycles. The summed E-state index contributed by atoms with van der Waals surface area (Å²) in [6.07, 6.45) is 1.09. The van der Waals surface area contributed by atoms with E-state index < -0.39 is 0 Å². The summed E-state index contributed by atoms with van der Waals surface area (Å²) in [5.41, 5.74) is 3.84. The van der Waals surface area contributed by atoms with Gasteiger partial charge in [0.2, 0.25) is 0 Å². The van der Waals surface area contributed by atoms with Crippen molar-refractivity contribution in [1.82, 2.24) is 20.0 Å². The summed E-state index contributed by atoms with van der Waals surface area (Å²) in [6.45, 7) is 5.56. The molecule has 0 aliphatic carbocycles. The van der Waals surface area contributed by atoms with Crippen molar-refractivity contribution in [2.75, 3.05) is 19.6 Å². The Labute approximate surface area is 151 Å². The number of fused-ring (bicyclic) bond motifs is 2. The fraction of sp³-hybridized carbons (Fsp3) is 0.368. The Balaban J connectivity index is 1.34. The third-order valence-electron chi connectivity index (χ3n) is 4.84. The largest absolute Gasteiger partial charge is 0.350 e. The zero-order chi connectivity index (χ0) is 17.4. The number of rotatable bonds is 4. The first-order chi connectivity index (χ1) is 12.1. The molecule has 0 fully saturated rings. The molecule has 5 nitrogen and oxygen atoms in total. The van der Waals surface area contributed by atoms with Crippen LogP contribution >= 0.6 is 11.3 Å². The average molecular weight is 354 g/mol. The van der Waals surface area contributed by atoms with Crippen LogP contribution in [0.1, 0.15) is 26.5 Å². The number of aryl methyl sites for hydroxylation is 2. The number of hydrogen-bond acceptors (Lipinski definition) is 4. The van der Waals surface area contributed by atoms with Crippen molar-refractivity contribution in [2.45, 2.75) is 19.9 Å². The molecule has 3 heterocycles. The van der Waals surface area contributed by atoms with Gasteiger partial charge in [0.1, 0.15) is 4.83 Å². The minimum Gasteiger partial charge on any atom is -0.350 e. The molecule has 3 aromatic rings. The molecule has 0 unspecified atom stereocenters. The van der Waals surface area contributed by atoms with Gasteiger partial charge in [-0.05, 0) is 30.5 Å². The van der Waals surface area contributed by atoms with Crippen LogP contribution in [0.25, 0.3) is 10.2 Å². The van der Waals surface area contributed by atoms with Crippen molar-refractivity contribution in [3.8, 4) is 0 Å². The number of thiophene rings is 1. The smallest absolute Gasteiger partial charge is 0.261 e. The fourth-order valence-corrected chi connectivity index (χ4v) is 4.52. The molecule has 1 amide bonds. The highest BCUT2D eigenvalue weighted by Gasteiger charge is 2.17. The molecular formula is C19H22N4OS. The number of nitrogens with zero attached hydrogens (tertiary/aromatic N) is 3. The van der Waals surface area contributed by atoms with E-state index in [-0.39, 0.29) is 5.91 Å². The third kappa shape index (κ3) is 3.19. The zero-order valence-corrected chi connectivity index (χ0v) is 15.4. The van der Waals surface area contributed by atoms with E-state index in [1.54, 1.807) is 0 Å². The second kappa shape index (κ2) is 6.61. The minimum atomic E-state index is 0.0120. The quantitative estimate of drug-likeness (QED) is 0.784. The van der Waals surface area contributed by atoms with Crippen LogP contribution in [0.3, 0.4) is 0 Å². The van der Waals surface area contributed by atoms with Gasteiger partial charge < -0.3 is 5.32 Å². The highest BCUT2D eigenvalue weighted by molar-refractivity contribution is 7.20. The van der Waals surface area contributed by atoms with E-state index in [1.165, 1.54) is 22.5 Å². The van der Waals surface area contributed by atoms with E-state index in [1.807, 2.05) is 24.7 Å². The van der Waals surface area contributed by atoms with Crippen molar-refractivity contribution < 1.29 is 4.79 Å². The minimum absolute atomic E-state index is 0.0120. The van der Waals surface area contributed by atoms with E-state index in [0.717, 1.165) is 46.8 Å². The maximum Gasteiger partial charge on any atom is 0.261 e. The SMILES string of the molecule is Cc1nn(C)c2sc(C(=O)NCCN3CCc4ccccc4C3)cc12. The number of aromatic nitrogens is 2. The second-order valence-corrected chi connectivity index (χ2v) is 7.62. The van der Waals surface area contributed by atoms with Gasteiger partial charge >= 0.3 is 0 Å². The molecule has 0 bridgehead atoms. The fourth-order valence-electron chi connectivity index (χ4n) is 3.48. The molecular weight excluding hydrogens is 332 g/mol. The van der Waals surface area contributed by atoms with E-state index in [9.17, 15) is 4.79 Å². The summed E-state index contributed by atoms with van der Waals surface area (Å²) in [6, 6.07) is 10.6. The van der Waals surface area contributed by atoms with Crippen LogP contribution in [0.15, 0.2) is 30.3 Å². The van der Waals surface area contributed by atoms with Crippen LogP contribution in [0.4, 0.5) is 0 Å². The molecule has 1 N–H and O–H groups in total. The van der Waals surface area contributed by atoms with Crippen molar-refractivity contribution in [3.63, 3.8) is 0 Å². The second-order valence-electron chi connectivity index (χ2n) is 6.59. The van der Waals surface area contributed by atoms with E-state index >= 15 is 0 Å². The Hall–Kier alpha value is -2.18. The summed E-state index contributed by atoms with van der Waals surface area (Å²) in [5.74, 6) is 0.0120. The number of hydrogen-bond donors (Lipinski definition) is 1. The third-order valence-corrected chi connectivity index (χ3v) is 6.04. The molecule has 0 spiro atoms. The molecule has 4 rings (SSSR count). The van der Waals surface area contributed by atoms with Crippen LogP contribution < -0.4 is 5.32 Å². The van der Waals surface area contributed by atoms with Crippen molar-refractivity contribution in [2.24, 2.45) is 7.05 Å². The monoisotopic (exact) mass is 354 g/mol. The summed E-state index contributed by atoms with van der Waals surface area (Å²) < 4.78 is 1.84. The molecule has 1 aliphatic heterocycles. The van der Waals surface area contributed by atoms with Gasteiger partial charge in [-0.25, -0.2) is 0 Å². The molecule has 1 aromatic carbocycles. The first-order valence-electron chi connectivity index (χ1n) is 8.62. The van der Waals surface area contributed by atoms with Gasteiger partial charge in [-0.1, -0.05) is 24.3 Å². The normalized spacial score (nSPS) is 14.6. The summed E-state index contributed by atoms with van der Waals surface area (Å²) >= 11 is 1.50. The van der Waals surface area contributed by atoms with Gasteiger partial charge in [-0.2, -0.15) is 5.10 Å². The lowest BCUT2D eigenvalue weighted by molar-refractivity contribution is 0.0951. The Morgan fingerprint density at radius 3 is 2.92 bits per heavy atom. The van der Waals surface area contributed by atoms with E-state index in [0.29, 0.717) is 6.54 Å². The number of carbonyl (C=O) groups is 1. The topological polar surface area (TPSA) is 50.2 Å². The Morgan fingerprint density at radius 2 is 2.12 bits per heavy atom. The number of carbonyl (C=O) groups excluding carboxylic acids is 1. The molecule has 0 atom stereocenters. The lowest BCUT2D eigenvalue weighted by Gasteiger charge is -2.28. The summed E-state index contributed by atoms with van der Waals surface area (Å²) in [5, 5.41) is 8.52. The van der Waals surface area contributed by atoms with Gasteiger partial charge in [-0.3, -0.25) is 14.4 Å². The number of nitrogens with one attached hydrogen (secondary N) is 1. The highest BCUT2D eigenvalue weighted by Crippen LogP contribution is 2.27. The van der Waals surface area contributed by atoms with Gasteiger partial charge in [0.25, 0.3) is 5.91 Å². The number of amides is 1. The van der Waals surface area contributed by atoms with Gasteiger partial charge in [0, 0.05) is 38.6 Å². The van der Waals surface area contributed by atoms with Crippen LogP contribution in [0.5, 0.6) is 0 Å². The maximum atomic E-state index is 12.4. The van der Waals surface area contributed by atoms with Crippen LogP contribution in [-0.2, 0) is 20.0 Å². The predicted octanol–water partition coefficient (Wildman–Crippen LogP) is 2.73. The molecule has 0 radical (unpaired) electrons. The van der Waals surface area contributed by atoms with Gasteiger partial charge in [0.05, 0.1) is 10.6 Å². The zero-order valence-electron chi connectivity index (χ0n) is 14.6. The van der Waals surface area contributed by atoms with Gasteiger partial charge in [0.15, 0.2) is 0 Å². The standard InChI is InChI=1S/C19H22N4OS/c1-13-16-11-17(25-19(16)22(2)21-13)18(24)20-8-10-23-9-7-14-5-3-4-6-15(14)12-23/h3-6,11H,7-10,12H2,1-2H3,(H,20,24). The Kier molecular flexibility index (Phi) is 4.31.